The summed E-state index contributed by atoms with van der Waals surface area (Å²) in [5.41, 5.74) is 2.66. The molecule has 0 unspecified atom stereocenters. The molecule has 0 aromatic carbocycles. The normalized spacial score (nSPS) is 17.1. The topological polar surface area (TPSA) is 236 Å². The number of aromatic amines is 4. The van der Waals surface area contributed by atoms with Gasteiger partial charge in [-0.1, -0.05) is 55.4 Å². The Morgan fingerprint density at radius 1 is 0.327 bits per heavy atom. The molecule has 8 bridgehead atoms. The van der Waals surface area contributed by atoms with Crippen molar-refractivity contribution in [3.05, 3.63) is 129 Å². The number of nitrogens with one attached hydrogen (secondary N) is 4. The number of fused-ring (bicyclic) bond motifs is 8. The molecule has 0 radical (unpaired) electrons. The lowest BCUT2D eigenvalue weighted by molar-refractivity contribution is -0.378. The maximum absolute atomic E-state index is 13.2. The monoisotopic (exact) mass is 716 g/mol. The zero-order valence-corrected chi connectivity index (χ0v) is 30.7. The van der Waals surface area contributed by atoms with E-state index in [2.05, 4.69) is 19.9 Å². The van der Waals surface area contributed by atoms with Gasteiger partial charge in [0.25, 0.3) is 0 Å². The zero-order chi connectivity index (χ0) is 38.3. The van der Waals surface area contributed by atoms with Gasteiger partial charge in [-0.05, 0) is 95.9 Å². The largest absolute Gasteiger partial charge is 0.344 e. The van der Waals surface area contributed by atoms with Crippen LogP contribution in [0.1, 0.15) is 123 Å². The molecule has 5 heterocycles. The summed E-state index contributed by atoms with van der Waals surface area (Å²) in [6.07, 6.45) is 2.22. The molecule has 276 valence electrons. The molecule has 16 heteroatoms. The smallest absolute Gasteiger partial charge is 0.316 e. The van der Waals surface area contributed by atoms with Crippen molar-refractivity contribution >= 4 is 22.8 Å². The molecule has 4 aromatic heterocycles. The minimum Gasteiger partial charge on any atom is -0.344 e. The summed E-state index contributed by atoms with van der Waals surface area (Å²) in [4.78, 5) is 63.0. The summed E-state index contributed by atoms with van der Waals surface area (Å²) >= 11 is 0. The van der Waals surface area contributed by atoms with Gasteiger partial charge >= 0.3 is 22.8 Å². The number of rotatable bonds is 12. The van der Waals surface area contributed by atoms with E-state index in [9.17, 15) is 40.5 Å². The SMILES string of the molecule is CCc1c2[nH]c(c1CC)/C([N+](=O)[O-])=c1\[nH]/c(c(CC)c1CC)=C(/[N+](=O)[O-])c1[nH]c(c(CC)c1CC)/C([N+](=O)[O-])=c1\[nH]/c(c(CC)c1CC)=C\2[N+](=O)[O-]. The third-order valence-electron chi connectivity index (χ3n) is 10.3. The zero-order valence-electron chi connectivity index (χ0n) is 30.7. The molecular weight excluding hydrogens is 672 g/mol. The van der Waals surface area contributed by atoms with Crippen molar-refractivity contribution in [3.63, 3.8) is 0 Å². The van der Waals surface area contributed by atoms with E-state index in [1.54, 1.807) is 55.4 Å². The van der Waals surface area contributed by atoms with E-state index in [1.165, 1.54) is 0 Å². The molecule has 0 amide bonds. The molecule has 1 aliphatic rings. The molecule has 1 aliphatic heterocycles. The van der Waals surface area contributed by atoms with E-state index >= 15 is 0 Å². The summed E-state index contributed by atoms with van der Waals surface area (Å²) in [6, 6.07) is 0. The van der Waals surface area contributed by atoms with Crippen molar-refractivity contribution in [2.45, 2.75) is 107 Å². The van der Waals surface area contributed by atoms with Crippen LogP contribution in [0.4, 0.5) is 0 Å². The third-order valence-corrected chi connectivity index (χ3v) is 10.3. The van der Waals surface area contributed by atoms with Gasteiger partial charge in [0.05, 0.1) is 19.7 Å². The third kappa shape index (κ3) is 5.52. The summed E-state index contributed by atoms with van der Waals surface area (Å²) in [6.45, 7) is 14.4. The minimum absolute atomic E-state index is 0.0568. The van der Waals surface area contributed by atoms with Gasteiger partial charge in [0, 0.05) is 0 Å². The van der Waals surface area contributed by atoms with Crippen molar-refractivity contribution in [1.29, 1.82) is 0 Å². The van der Waals surface area contributed by atoms with E-state index in [0.29, 0.717) is 44.5 Å². The van der Waals surface area contributed by atoms with Gasteiger partial charge in [-0.3, -0.25) is 40.5 Å². The van der Waals surface area contributed by atoms with Crippen molar-refractivity contribution in [1.82, 2.24) is 19.9 Å². The summed E-state index contributed by atoms with van der Waals surface area (Å²) in [5.74, 6) is 0. The van der Waals surface area contributed by atoms with Gasteiger partial charge < -0.3 is 19.9 Å². The molecule has 0 aliphatic carbocycles. The average Bonchev–Trinajstić information content (AvgIpc) is 3.84. The van der Waals surface area contributed by atoms with E-state index in [0.717, 1.165) is 0 Å². The number of hydrogen-bond acceptors (Lipinski definition) is 8. The Balaban J connectivity index is 2.33. The van der Waals surface area contributed by atoms with Gasteiger partial charge in [0.15, 0.2) is 0 Å². The van der Waals surface area contributed by atoms with Crippen LogP contribution in [0.2, 0.25) is 0 Å². The molecule has 52 heavy (non-hydrogen) atoms. The molecule has 4 aromatic rings. The molecule has 16 nitrogen and oxygen atoms in total. The Morgan fingerprint density at radius 2 is 0.500 bits per heavy atom. The highest BCUT2D eigenvalue weighted by atomic mass is 16.6. The van der Waals surface area contributed by atoms with Gasteiger partial charge in [0.1, 0.15) is 44.2 Å². The molecular formula is C36H44N8O8. The molecule has 0 saturated carbocycles. The highest BCUT2D eigenvalue weighted by molar-refractivity contribution is 5.73. The van der Waals surface area contributed by atoms with Crippen LogP contribution in [0.25, 0.3) is 22.8 Å². The van der Waals surface area contributed by atoms with E-state index in [1.807, 2.05) is 0 Å². The molecule has 0 fully saturated rings. The average molecular weight is 717 g/mol. The number of nitrogens with zero attached hydrogens (tertiary/aromatic N) is 4. The highest BCUT2D eigenvalue weighted by Gasteiger charge is 2.37. The second kappa shape index (κ2) is 14.4. The first-order valence-electron chi connectivity index (χ1n) is 17.8. The lowest BCUT2D eigenvalue weighted by Crippen LogP contribution is -2.25. The van der Waals surface area contributed by atoms with Crippen LogP contribution in [-0.4, -0.2) is 39.6 Å². The molecule has 4 N–H and O–H groups in total. The van der Waals surface area contributed by atoms with Gasteiger partial charge in [0.2, 0.25) is 0 Å². The number of H-pyrrole nitrogens is 4. The molecule has 0 atom stereocenters. The second-order valence-electron chi connectivity index (χ2n) is 12.6. The second-order valence-corrected chi connectivity index (χ2v) is 12.6. The maximum atomic E-state index is 13.2. The van der Waals surface area contributed by atoms with E-state index in [-0.39, 0.29) is 118 Å². The van der Waals surface area contributed by atoms with Crippen molar-refractivity contribution in [2.24, 2.45) is 0 Å². The minimum atomic E-state index is -0.555. The quantitative estimate of drug-likeness (QED) is 0.125. The van der Waals surface area contributed by atoms with Crippen molar-refractivity contribution < 1.29 is 19.7 Å². The predicted molar refractivity (Wildman–Crippen MR) is 195 cm³/mol. The lowest BCUT2D eigenvalue weighted by atomic mass is 9.98. The van der Waals surface area contributed by atoms with Crippen molar-refractivity contribution in [3.8, 4) is 0 Å². The fourth-order valence-electron chi connectivity index (χ4n) is 8.28. The summed E-state index contributed by atoms with van der Waals surface area (Å²) in [7, 11) is 0. The lowest BCUT2D eigenvalue weighted by Gasteiger charge is -2.04. The Kier molecular flexibility index (Phi) is 10.4. The van der Waals surface area contributed by atoms with Crippen LogP contribution in [0.3, 0.4) is 0 Å². The molecule has 0 saturated heterocycles. The fourth-order valence-corrected chi connectivity index (χ4v) is 8.28. The van der Waals surface area contributed by atoms with Gasteiger partial charge in [-0.25, -0.2) is 0 Å². The van der Waals surface area contributed by atoms with Crippen LogP contribution < -0.4 is 21.4 Å². The Bertz CT molecular complexity index is 2100. The number of aromatic nitrogens is 4. The highest BCUT2D eigenvalue weighted by Crippen LogP contribution is 2.32. The summed E-state index contributed by atoms with van der Waals surface area (Å²) in [5, 5.41) is 53.1. The maximum Gasteiger partial charge on any atom is 0.316 e. The number of nitro groups is 4. The van der Waals surface area contributed by atoms with Gasteiger partial charge in [-0.2, -0.15) is 0 Å². The molecule has 5 rings (SSSR count). The van der Waals surface area contributed by atoms with E-state index in [4.69, 9.17) is 0 Å². The van der Waals surface area contributed by atoms with Crippen LogP contribution in [-0.2, 0) is 51.4 Å². The first-order chi connectivity index (χ1) is 24.8. The van der Waals surface area contributed by atoms with Crippen LogP contribution in [0, 0.1) is 40.5 Å². The van der Waals surface area contributed by atoms with Crippen LogP contribution >= 0.6 is 0 Å². The van der Waals surface area contributed by atoms with Crippen molar-refractivity contribution in [2.75, 3.05) is 0 Å². The first-order valence-corrected chi connectivity index (χ1v) is 17.8. The van der Waals surface area contributed by atoms with Crippen LogP contribution in [0.5, 0.6) is 0 Å². The van der Waals surface area contributed by atoms with Crippen LogP contribution in [0.15, 0.2) is 0 Å². The van der Waals surface area contributed by atoms with E-state index < -0.39 is 19.7 Å². The first kappa shape index (κ1) is 37.5. The summed E-state index contributed by atoms with van der Waals surface area (Å²) < 4.78 is 0. The molecule has 0 spiro atoms. The van der Waals surface area contributed by atoms with Gasteiger partial charge in [-0.15, -0.1) is 0 Å². The standard InChI is InChI=1S/C36H44N8O8/c1-9-17-18(10-2)26-34(42(47)48)28-21(13-5)22(14-6)30(39-28)36(44(51)52)32-24(16-8)23(15-7)31(40-32)35(43(49)50)29-20(12-4)19(11-3)27(38-29)33(41(45)46)25(17)37-26/h37-40H,9-16H2,1-8H3/b33-25+,33-27?,34-26+,34-28?,35-29?,35-31+,36-30?,36-32+. The Labute approximate surface area is 298 Å². The fraction of sp³-hybridized carbons (Fsp3) is 0.444. The predicted octanol–water partition coefficient (Wildman–Crippen LogP) is 3.54. The Morgan fingerprint density at radius 3 is 0.635 bits per heavy atom. The number of hydrogen-bond donors (Lipinski definition) is 4. The Hall–Kier alpha value is -5.80.